The Morgan fingerprint density at radius 2 is 2.08 bits per heavy atom. The van der Waals surface area contributed by atoms with Crippen LogP contribution in [0.4, 0.5) is 4.39 Å². The van der Waals surface area contributed by atoms with E-state index in [4.69, 9.17) is 5.84 Å². The fraction of sp³-hybridized carbons (Fsp3) is 0. The fourth-order valence-electron chi connectivity index (χ4n) is 0.712. The maximum absolute atomic E-state index is 12.9. The van der Waals surface area contributed by atoms with Gasteiger partial charge in [-0.3, -0.25) is 5.84 Å². The van der Waals surface area contributed by atoms with Crippen LogP contribution < -0.4 is 10.7 Å². The normalized spacial score (nSPS) is 11.6. The van der Waals surface area contributed by atoms with Crippen LogP contribution in [-0.4, -0.2) is 8.42 Å². The predicted octanol–water partition coefficient (Wildman–Crippen LogP) is 0.740. The number of nitrogens with two attached hydrogens (primary N) is 1. The average molecular weight is 269 g/mol. The second-order valence-electron chi connectivity index (χ2n) is 2.20. The molecule has 0 saturated heterocycles. The molecule has 0 fully saturated rings. The summed E-state index contributed by atoms with van der Waals surface area (Å²) in [7, 11) is -3.77. The van der Waals surface area contributed by atoms with Gasteiger partial charge in [0, 0.05) is 0 Å². The molecule has 0 amide bonds. The molecular weight excluding hydrogens is 263 g/mol. The third kappa shape index (κ3) is 2.25. The standard InChI is InChI=1S/C6H6BrFN2O2S/c7-5-2-1-4(3-6(5)8)13(11,12)10-9/h1-3,10H,9H2. The molecule has 13 heavy (non-hydrogen) atoms. The molecule has 1 aromatic carbocycles. The van der Waals surface area contributed by atoms with Crippen molar-refractivity contribution in [3.63, 3.8) is 0 Å². The molecule has 0 aromatic heterocycles. The summed E-state index contributed by atoms with van der Waals surface area (Å²) in [4.78, 5) is 1.38. The highest BCUT2D eigenvalue weighted by Gasteiger charge is 2.13. The summed E-state index contributed by atoms with van der Waals surface area (Å²) in [6, 6.07) is 3.40. The van der Waals surface area contributed by atoms with Crippen molar-refractivity contribution >= 4 is 26.0 Å². The van der Waals surface area contributed by atoms with Gasteiger partial charge in [0.05, 0.1) is 9.37 Å². The molecule has 0 bridgehead atoms. The topological polar surface area (TPSA) is 72.2 Å². The summed E-state index contributed by atoms with van der Waals surface area (Å²) in [6.07, 6.45) is 0. The van der Waals surface area contributed by atoms with Crippen LogP contribution in [0.2, 0.25) is 0 Å². The van der Waals surface area contributed by atoms with Gasteiger partial charge in [-0.2, -0.15) is 4.83 Å². The first-order valence-corrected chi connectivity index (χ1v) is 5.42. The zero-order chi connectivity index (χ0) is 10.1. The molecule has 7 heteroatoms. The highest BCUT2D eigenvalue weighted by molar-refractivity contribution is 9.10. The van der Waals surface area contributed by atoms with Gasteiger partial charge in [-0.05, 0) is 34.1 Å². The molecule has 0 aliphatic rings. The van der Waals surface area contributed by atoms with E-state index >= 15 is 0 Å². The number of hydrogen-bond donors (Lipinski definition) is 2. The minimum absolute atomic E-state index is 0.198. The van der Waals surface area contributed by atoms with Crippen molar-refractivity contribution in [1.82, 2.24) is 4.83 Å². The van der Waals surface area contributed by atoms with Crippen molar-refractivity contribution in [1.29, 1.82) is 0 Å². The third-order valence-electron chi connectivity index (χ3n) is 1.36. The molecule has 0 saturated carbocycles. The van der Waals surface area contributed by atoms with E-state index in [0.29, 0.717) is 0 Å². The highest BCUT2D eigenvalue weighted by atomic mass is 79.9. The molecule has 0 atom stereocenters. The molecule has 1 rings (SSSR count). The highest BCUT2D eigenvalue weighted by Crippen LogP contribution is 2.18. The van der Waals surface area contributed by atoms with E-state index in [1.165, 1.54) is 12.1 Å². The quantitative estimate of drug-likeness (QED) is 0.614. The van der Waals surface area contributed by atoms with Crippen LogP contribution in [0, 0.1) is 5.82 Å². The number of benzene rings is 1. The van der Waals surface area contributed by atoms with Crippen LogP contribution in [0.1, 0.15) is 0 Å². The number of sulfonamides is 1. The summed E-state index contributed by atoms with van der Waals surface area (Å²) < 4.78 is 35.2. The van der Waals surface area contributed by atoms with Crippen molar-refractivity contribution in [2.45, 2.75) is 4.90 Å². The van der Waals surface area contributed by atoms with Gasteiger partial charge in [0.2, 0.25) is 0 Å². The first-order chi connectivity index (χ1) is 5.97. The minimum Gasteiger partial charge on any atom is -0.257 e. The lowest BCUT2D eigenvalue weighted by Gasteiger charge is -2.02. The molecule has 3 N–H and O–H groups in total. The molecule has 1 aromatic rings. The number of halogens is 2. The van der Waals surface area contributed by atoms with E-state index in [2.05, 4.69) is 15.9 Å². The van der Waals surface area contributed by atoms with E-state index in [1.807, 2.05) is 0 Å². The zero-order valence-electron chi connectivity index (χ0n) is 6.29. The molecule has 0 heterocycles. The fourth-order valence-corrected chi connectivity index (χ4v) is 1.60. The third-order valence-corrected chi connectivity index (χ3v) is 3.18. The van der Waals surface area contributed by atoms with Gasteiger partial charge in [0.15, 0.2) is 0 Å². The molecular formula is C6H6BrFN2O2S. The molecule has 0 radical (unpaired) electrons. The second kappa shape index (κ2) is 3.70. The van der Waals surface area contributed by atoms with Crippen molar-refractivity contribution in [3.05, 3.63) is 28.5 Å². The van der Waals surface area contributed by atoms with Gasteiger partial charge in [-0.15, -0.1) is 0 Å². The van der Waals surface area contributed by atoms with E-state index in [0.717, 1.165) is 6.07 Å². The molecule has 0 aliphatic carbocycles. The van der Waals surface area contributed by atoms with Gasteiger partial charge < -0.3 is 0 Å². The van der Waals surface area contributed by atoms with E-state index in [1.54, 1.807) is 4.83 Å². The first-order valence-electron chi connectivity index (χ1n) is 3.15. The summed E-state index contributed by atoms with van der Waals surface area (Å²) in [5, 5.41) is 0. The van der Waals surface area contributed by atoms with Gasteiger partial charge in [0.1, 0.15) is 5.82 Å². The Balaban J connectivity index is 3.27. The smallest absolute Gasteiger partial charge is 0.253 e. The Kier molecular flexibility index (Phi) is 3.01. The Labute approximate surface area is 83.1 Å². The van der Waals surface area contributed by atoms with Crippen LogP contribution in [-0.2, 0) is 10.0 Å². The zero-order valence-corrected chi connectivity index (χ0v) is 8.69. The molecule has 4 nitrogen and oxygen atoms in total. The van der Waals surface area contributed by atoms with Gasteiger partial charge in [0.25, 0.3) is 10.0 Å². The number of hydrazine groups is 1. The molecule has 72 valence electrons. The monoisotopic (exact) mass is 268 g/mol. The van der Waals surface area contributed by atoms with Gasteiger partial charge >= 0.3 is 0 Å². The van der Waals surface area contributed by atoms with Crippen molar-refractivity contribution < 1.29 is 12.8 Å². The lowest BCUT2D eigenvalue weighted by molar-refractivity contribution is 0.579. The van der Waals surface area contributed by atoms with Crippen molar-refractivity contribution in [3.8, 4) is 0 Å². The SMILES string of the molecule is NNS(=O)(=O)c1ccc(Br)c(F)c1. The van der Waals surface area contributed by atoms with E-state index in [-0.39, 0.29) is 9.37 Å². The van der Waals surface area contributed by atoms with Crippen molar-refractivity contribution in [2.24, 2.45) is 5.84 Å². The minimum atomic E-state index is -3.77. The number of hydrogen-bond acceptors (Lipinski definition) is 3. The van der Waals surface area contributed by atoms with Crippen LogP contribution >= 0.6 is 15.9 Å². The summed E-state index contributed by atoms with van der Waals surface area (Å²) in [5.41, 5.74) is 0. The number of nitrogens with one attached hydrogen (secondary N) is 1. The predicted molar refractivity (Wildman–Crippen MR) is 48.6 cm³/mol. The Bertz CT molecular complexity index is 421. The summed E-state index contributed by atoms with van der Waals surface area (Å²) in [5.74, 6) is 4.10. The Hall–Kier alpha value is -0.500. The van der Waals surface area contributed by atoms with E-state index in [9.17, 15) is 12.8 Å². The molecule has 0 spiro atoms. The Morgan fingerprint density at radius 3 is 2.54 bits per heavy atom. The molecule has 0 aliphatic heterocycles. The van der Waals surface area contributed by atoms with Crippen LogP contribution in [0.25, 0.3) is 0 Å². The maximum atomic E-state index is 12.9. The van der Waals surface area contributed by atoms with Gasteiger partial charge in [-0.25, -0.2) is 12.8 Å². The first kappa shape index (κ1) is 10.6. The lowest BCUT2D eigenvalue weighted by atomic mass is 10.3. The summed E-state index contributed by atoms with van der Waals surface area (Å²) >= 11 is 2.90. The van der Waals surface area contributed by atoms with Crippen molar-refractivity contribution in [2.75, 3.05) is 0 Å². The van der Waals surface area contributed by atoms with Crippen LogP contribution in [0.3, 0.4) is 0 Å². The van der Waals surface area contributed by atoms with Crippen LogP contribution in [0.15, 0.2) is 27.6 Å². The van der Waals surface area contributed by atoms with Crippen LogP contribution in [0.5, 0.6) is 0 Å². The Morgan fingerprint density at radius 1 is 1.46 bits per heavy atom. The maximum Gasteiger partial charge on any atom is 0.253 e. The lowest BCUT2D eigenvalue weighted by Crippen LogP contribution is -2.30. The van der Waals surface area contributed by atoms with E-state index < -0.39 is 15.8 Å². The average Bonchev–Trinajstić information content (AvgIpc) is 2.09. The largest absolute Gasteiger partial charge is 0.257 e. The van der Waals surface area contributed by atoms with Gasteiger partial charge in [-0.1, -0.05) is 0 Å². The summed E-state index contributed by atoms with van der Waals surface area (Å²) in [6.45, 7) is 0. The second-order valence-corrected chi connectivity index (χ2v) is 4.77. The number of rotatable bonds is 2. The molecule has 0 unspecified atom stereocenters.